The summed E-state index contributed by atoms with van der Waals surface area (Å²) in [5, 5.41) is 9.51. The van der Waals surface area contributed by atoms with E-state index in [4.69, 9.17) is 5.26 Å². The number of hydrogen-bond donors (Lipinski definition) is 0. The molecule has 1 aromatic heterocycles. The van der Waals surface area contributed by atoms with Crippen LogP contribution in [0.3, 0.4) is 0 Å². The Balaban J connectivity index is 1.52. The summed E-state index contributed by atoms with van der Waals surface area (Å²) in [5.74, 6) is -0.771. The summed E-state index contributed by atoms with van der Waals surface area (Å²) >= 11 is 0. The van der Waals surface area contributed by atoms with Gasteiger partial charge in [0.05, 0.1) is 17.1 Å². The van der Waals surface area contributed by atoms with Gasteiger partial charge in [0.2, 0.25) is 5.82 Å². The number of piperazine rings is 1. The van der Waals surface area contributed by atoms with Gasteiger partial charge in [0.15, 0.2) is 0 Å². The van der Waals surface area contributed by atoms with Crippen molar-refractivity contribution in [1.29, 1.82) is 5.26 Å². The monoisotopic (exact) mass is 397 g/mol. The average molecular weight is 397 g/mol. The van der Waals surface area contributed by atoms with E-state index in [1.54, 1.807) is 36.4 Å². The van der Waals surface area contributed by atoms with Crippen molar-refractivity contribution in [3.8, 4) is 6.07 Å². The predicted octanol–water partition coefficient (Wildman–Crippen LogP) is 3.84. The van der Waals surface area contributed by atoms with Gasteiger partial charge in [-0.3, -0.25) is 4.90 Å². The number of nitriles is 1. The smallest absolute Gasteiger partial charge is 0.353 e. The Labute approximate surface area is 166 Å². The maximum absolute atomic E-state index is 13.2. The molecule has 4 rings (SSSR count). The number of anilines is 1. The van der Waals surface area contributed by atoms with Gasteiger partial charge in [-0.1, -0.05) is 24.3 Å². The van der Waals surface area contributed by atoms with Crippen LogP contribution in [0.25, 0.3) is 10.9 Å². The molecule has 148 valence electrons. The molecule has 0 amide bonds. The van der Waals surface area contributed by atoms with E-state index in [2.05, 4.69) is 20.9 Å². The first-order chi connectivity index (χ1) is 13.9. The zero-order valence-electron chi connectivity index (χ0n) is 15.5. The molecule has 0 aliphatic carbocycles. The van der Waals surface area contributed by atoms with Crippen LogP contribution in [0.2, 0.25) is 0 Å². The van der Waals surface area contributed by atoms with Crippen LogP contribution in [0.1, 0.15) is 17.0 Å². The normalized spacial score (nSPS) is 15.4. The second-order valence-electron chi connectivity index (χ2n) is 6.96. The lowest BCUT2D eigenvalue weighted by atomic mass is 10.1. The summed E-state index contributed by atoms with van der Waals surface area (Å²) in [6.45, 7) is 3.31. The summed E-state index contributed by atoms with van der Waals surface area (Å²) in [7, 11) is 0. The van der Waals surface area contributed by atoms with Crippen molar-refractivity contribution in [2.75, 3.05) is 31.1 Å². The third-order valence-corrected chi connectivity index (χ3v) is 5.00. The van der Waals surface area contributed by atoms with Crippen molar-refractivity contribution in [1.82, 2.24) is 14.9 Å². The van der Waals surface area contributed by atoms with E-state index in [9.17, 15) is 13.2 Å². The Morgan fingerprint density at radius 1 is 0.931 bits per heavy atom. The highest BCUT2D eigenvalue weighted by atomic mass is 19.4. The number of halogens is 3. The van der Waals surface area contributed by atoms with Crippen LogP contribution >= 0.6 is 0 Å². The first kappa shape index (κ1) is 19.2. The molecule has 1 aliphatic heterocycles. The Bertz CT molecular complexity index is 1050. The zero-order chi connectivity index (χ0) is 20.4. The molecule has 2 heterocycles. The van der Waals surface area contributed by atoms with Crippen LogP contribution < -0.4 is 4.90 Å². The lowest BCUT2D eigenvalue weighted by Gasteiger charge is -2.36. The largest absolute Gasteiger partial charge is 0.451 e. The van der Waals surface area contributed by atoms with E-state index in [0.717, 1.165) is 12.1 Å². The van der Waals surface area contributed by atoms with Gasteiger partial charge in [0, 0.05) is 38.1 Å². The van der Waals surface area contributed by atoms with Gasteiger partial charge in [-0.05, 0) is 29.8 Å². The second kappa shape index (κ2) is 7.68. The van der Waals surface area contributed by atoms with Crippen molar-refractivity contribution in [3.05, 3.63) is 65.5 Å². The predicted molar refractivity (Wildman–Crippen MR) is 103 cm³/mol. The molecule has 3 aromatic rings. The number of para-hydroxylation sites is 1. The topological polar surface area (TPSA) is 56.1 Å². The van der Waals surface area contributed by atoms with E-state index >= 15 is 0 Å². The van der Waals surface area contributed by atoms with Gasteiger partial charge < -0.3 is 4.90 Å². The minimum Gasteiger partial charge on any atom is -0.353 e. The number of aromatic nitrogens is 2. The summed E-state index contributed by atoms with van der Waals surface area (Å²) in [6.07, 6.45) is -4.59. The van der Waals surface area contributed by atoms with Crippen LogP contribution in [-0.2, 0) is 12.7 Å². The highest BCUT2D eigenvalue weighted by Gasteiger charge is 2.36. The third-order valence-electron chi connectivity index (χ3n) is 5.00. The molecular formula is C21H18F3N5. The lowest BCUT2D eigenvalue weighted by molar-refractivity contribution is -0.144. The molecule has 8 heteroatoms. The maximum atomic E-state index is 13.2. The molecular weight excluding hydrogens is 379 g/mol. The fourth-order valence-corrected chi connectivity index (χ4v) is 3.49. The lowest BCUT2D eigenvalue weighted by Crippen LogP contribution is -2.46. The van der Waals surface area contributed by atoms with Crippen molar-refractivity contribution in [3.63, 3.8) is 0 Å². The minimum atomic E-state index is -4.59. The molecule has 0 spiro atoms. The fourth-order valence-electron chi connectivity index (χ4n) is 3.49. The first-order valence-electron chi connectivity index (χ1n) is 9.24. The molecule has 1 aliphatic rings. The second-order valence-corrected chi connectivity index (χ2v) is 6.96. The summed E-state index contributed by atoms with van der Waals surface area (Å²) in [5.41, 5.74) is 2.02. The van der Waals surface area contributed by atoms with E-state index in [-0.39, 0.29) is 0 Å². The Morgan fingerprint density at radius 3 is 2.28 bits per heavy atom. The molecule has 0 atom stereocenters. The number of benzene rings is 2. The minimum absolute atomic E-state index is 0.296. The molecule has 1 saturated heterocycles. The van der Waals surface area contributed by atoms with Gasteiger partial charge >= 0.3 is 6.18 Å². The first-order valence-corrected chi connectivity index (χ1v) is 9.24. The van der Waals surface area contributed by atoms with Crippen molar-refractivity contribution < 1.29 is 13.2 Å². The molecule has 0 N–H and O–H groups in total. The van der Waals surface area contributed by atoms with E-state index in [1.807, 2.05) is 17.0 Å². The van der Waals surface area contributed by atoms with Crippen molar-refractivity contribution in [2.24, 2.45) is 0 Å². The quantitative estimate of drug-likeness (QED) is 0.672. The van der Waals surface area contributed by atoms with E-state index < -0.39 is 12.0 Å². The molecule has 0 bridgehead atoms. The number of hydrogen-bond acceptors (Lipinski definition) is 5. The Morgan fingerprint density at radius 2 is 1.62 bits per heavy atom. The molecule has 2 aromatic carbocycles. The zero-order valence-corrected chi connectivity index (χ0v) is 15.5. The van der Waals surface area contributed by atoms with Gasteiger partial charge in [0.25, 0.3) is 0 Å². The number of fused-ring (bicyclic) bond motifs is 1. The summed E-state index contributed by atoms with van der Waals surface area (Å²) < 4.78 is 39.7. The molecule has 1 fully saturated rings. The highest BCUT2D eigenvalue weighted by Crippen LogP contribution is 2.32. The van der Waals surface area contributed by atoms with Crippen LogP contribution in [0.15, 0.2) is 48.5 Å². The Kier molecular flexibility index (Phi) is 5.07. The molecule has 29 heavy (non-hydrogen) atoms. The molecule has 0 unspecified atom stereocenters. The fraction of sp³-hybridized carbons (Fsp3) is 0.286. The van der Waals surface area contributed by atoms with Crippen LogP contribution in [0.4, 0.5) is 19.0 Å². The SMILES string of the molecule is N#Cc1ccc(CN2CCN(c3nc(C(F)(F)F)nc4ccccc34)CC2)cc1. The highest BCUT2D eigenvalue weighted by molar-refractivity contribution is 5.89. The third kappa shape index (κ3) is 4.15. The number of alkyl halides is 3. The van der Waals surface area contributed by atoms with E-state index in [0.29, 0.717) is 48.5 Å². The van der Waals surface area contributed by atoms with Crippen molar-refractivity contribution >= 4 is 16.7 Å². The van der Waals surface area contributed by atoms with E-state index in [1.165, 1.54) is 0 Å². The van der Waals surface area contributed by atoms with Gasteiger partial charge in [0.1, 0.15) is 5.82 Å². The standard InChI is InChI=1S/C21H18F3N5/c22-21(23,24)20-26-18-4-2-1-3-17(18)19(27-20)29-11-9-28(10-12-29)14-16-7-5-15(13-25)6-8-16/h1-8H,9-12,14H2. The summed E-state index contributed by atoms with van der Waals surface area (Å²) in [6, 6.07) is 16.3. The molecule has 0 saturated carbocycles. The molecule has 5 nitrogen and oxygen atoms in total. The number of nitrogens with zero attached hydrogens (tertiary/aromatic N) is 5. The van der Waals surface area contributed by atoms with Crippen LogP contribution in [0, 0.1) is 11.3 Å². The van der Waals surface area contributed by atoms with Gasteiger partial charge in [-0.2, -0.15) is 18.4 Å². The van der Waals surface area contributed by atoms with Crippen LogP contribution in [0.5, 0.6) is 0 Å². The van der Waals surface area contributed by atoms with Crippen molar-refractivity contribution in [2.45, 2.75) is 12.7 Å². The van der Waals surface area contributed by atoms with Gasteiger partial charge in [-0.25, -0.2) is 9.97 Å². The van der Waals surface area contributed by atoms with Gasteiger partial charge in [-0.15, -0.1) is 0 Å². The number of rotatable bonds is 3. The maximum Gasteiger partial charge on any atom is 0.451 e. The van der Waals surface area contributed by atoms with Crippen LogP contribution in [-0.4, -0.2) is 41.0 Å². The Hall–Kier alpha value is -3.18. The average Bonchev–Trinajstić information content (AvgIpc) is 2.73. The molecule has 0 radical (unpaired) electrons. The summed E-state index contributed by atoms with van der Waals surface area (Å²) in [4.78, 5) is 11.7.